The Morgan fingerprint density at radius 2 is 1.64 bits per heavy atom. The zero-order valence-corrected chi connectivity index (χ0v) is 19.2. The number of rotatable bonds is 3. The van der Waals surface area contributed by atoms with Crippen LogP contribution in [0.5, 0.6) is 0 Å². The number of carbonyl (C=O) groups excluding carboxylic acids is 2. The maximum Gasteiger partial charge on any atom is 0.257 e. The molecule has 7 heteroatoms. The van der Waals surface area contributed by atoms with Crippen LogP contribution < -0.4 is 0 Å². The summed E-state index contributed by atoms with van der Waals surface area (Å²) in [6.45, 7) is 2.04. The lowest BCUT2D eigenvalue weighted by atomic mass is 9.94. The second-order valence-electron chi connectivity index (χ2n) is 9.39. The summed E-state index contributed by atoms with van der Waals surface area (Å²) >= 11 is 6.68. The molecular formula is C26H26ClN3O3. The molecule has 6 nitrogen and oxygen atoms in total. The summed E-state index contributed by atoms with van der Waals surface area (Å²) in [7, 11) is 0. The topological polar surface area (TPSA) is 66.7 Å². The molecule has 1 saturated heterocycles. The number of pyridine rings is 1. The predicted octanol–water partition coefficient (Wildman–Crippen LogP) is 4.84. The average Bonchev–Trinajstić information content (AvgIpc) is 3.59. The molecule has 2 fully saturated rings. The number of hydrogen-bond donors (Lipinski definition) is 0. The van der Waals surface area contributed by atoms with E-state index in [-0.39, 0.29) is 11.8 Å². The van der Waals surface area contributed by atoms with E-state index in [4.69, 9.17) is 21.0 Å². The molecule has 3 heterocycles. The van der Waals surface area contributed by atoms with Crippen LogP contribution in [0.25, 0.3) is 10.9 Å². The molecule has 2 aromatic heterocycles. The minimum Gasteiger partial charge on any atom is -0.468 e. The SMILES string of the molecule is O=C(c1coc(C2CC2)c1)N1CCN(C(=O)c2ccc3c(Cl)c4c(nc3c2)CCCC4)CC1. The Hall–Kier alpha value is -2.86. The van der Waals surface area contributed by atoms with Crippen LogP contribution >= 0.6 is 11.6 Å². The standard InChI is InChI=1S/C26H26ClN3O3/c27-24-19-3-1-2-4-21(19)28-22-13-17(7-8-20(22)24)25(31)29-9-11-30(12-10-29)26(32)18-14-23(33-15-18)16-5-6-16/h7-8,13-16H,1-6,9-12H2. The van der Waals surface area contributed by atoms with Crippen molar-refractivity contribution >= 4 is 34.3 Å². The van der Waals surface area contributed by atoms with Crippen LogP contribution in [0.15, 0.2) is 34.9 Å². The van der Waals surface area contributed by atoms with Crippen molar-refractivity contribution in [1.82, 2.24) is 14.8 Å². The molecule has 0 N–H and O–H groups in total. The van der Waals surface area contributed by atoms with Crippen LogP contribution in [0.1, 0.15) is 69.3 Å². The molecule has 1 aromatic carbocycles. The van der Waals surface area contributed by atoms with Crippen LogP contribution in [0, 0.1) is 0 Å². The predicted molar refractivity (Wildman–Crippen MR) is 126 cm³/mol. The number of carbonyl (C=O) groups is 2. The van der Waals surface area contributed by atoms with Crippen molar-refractivity contribution in [2.75, 3.05) is 26.2 Å². The fraction of sp³-hybridized carbons (Fsp3) is 0.423. The molecule has 0 atom stereocenters. The van der Waals surface area contributed by atoms with Gasteiger partial charge in [-0.15, -0.1) is 0 Å². The van der Waals surface area contributed by atoms with Gasteiger partial charge in [0, 0.05) is 48.7 Å². The van der Waals surface area contributed by atoms with Gasteiger partial charge in [0.2, 0.25) is 0 Å². The van der Waals surface area contributed by atoms with Gasteiger partial charge in [-0.25, -0.2) is 0 Å². The number of amides is 2. The third-order valence-corrected chi connectivity index (χ3v) is 7.57. The molecule has 33 heavy (non-hydrogen) atoms. The van der Waals surface area contributed by atoms with E-state index < -0.39 is 0 Å². The fourth-order valence-corrected chi connectivity index (χ4v) is 5.39. The van der Waals surface area contributed by atoms with Gasteiger partial charge in [0.1, 0.15) is 12.0 Å². The maximum atomic E-state index is 13.2. The summed E-state index contributed by atoms with van der Waals surface area (Å²) in [5.41, 5.74) is 4.24. The van der Waals surface area contributed by atoms with Gasteiger partial charge in [0.05, 0.1) is 16.1 Å². The number of nitrogens with zero attached hydrogens (tertiary/aromatic N) is 3. The first-order chi connectivity index (χ1) is 16.1. The quantitative estimate of drug-likeness (QED) is 0.557. The number of aryl methyl sites for hydroxylation is 1. The van der Waals surface area contributed by atoms with Crippen LogP contribution in [0.4, 0.5) is 0 Å². The minimum absolute atomic E-state index is 0.0212. The molecule has 0 spiro atoms. The smallest absolute Gasteiger partial charge is 0.257 e. The molecule has 1 aliphatic heterocycles. The van der Waals surface area contributed by atoms with E-state index in [1.807, 2.05) is 29.2 Å². The van der Waals surface area contributed by atoms with Crippen molar-refractivity contribution in [1.29, 1.82) is 0 Å². The Morgan fingerprint density at radius 1 is 0.939 bits per heavy atom. The van der Waals surface area contributed by atoms with Crippen LogP contribution in [0.3, 0.4) is 0 Å². The first kappa shape index (κ1) is 20.7. The second-order valence-corrected chi connectivity index (χ2v) is 9.76. The summed E-state index contributed by atoms with van der Waals surface area (Å²) in [5, 5.41) is 1.69. The Balaban J connectivity index is 1.15. The minimum atomic E-state index is -0.0287. The zero-order chi connectivity index (χ0) is 22.5. The second kappa shape index (κ2) is 8.17. The van der Waals surface area contributed by atoms with Gasteiger partial charge in [0.25, 0.3) is 11.8 Å². The van der Waals surface area contributed by atoms with E-state index in [9.17, 15) is 9.59 Å². The third-order valence-electron chi connectivity index (χ3n) is 7.14. The van der Waals surface area contributed by atoms with E-state index >= 15 is 0 Å². The molecule has 6 rings (SSSR count). The van der Waals surface area contributed by atoms with Crippen LogP contribution in [-0.4, -0.2) is 52.8 Å². The fourth-order valence-electron chi connectivity index (χ4n) is 5.02. The largest absolute Gasteiger partial charge is 0.468 e. The van der Waals surface area contributed by atoms with Crippen LogP contribution in [0.2, 0.25) is 5.02 Å². The van der Waals surface area contributed by atoms with Gasteiger partial charge in [0.15, 0.2) is 0 Å². The van der Waals surface area contributed by atoms with E-state index in [1.165, 1.54) is 0 Å². The van der Waals surface area contributed by atoms with E-state index in [2.05, 4.69) is 0 Å². The summed E-state index contributed by atoms with van der Waals surface area (Å²) in [5.74, 6) is 1.35. The van der Waals surface area contributed by atoms with Gasteiger partial charge in [-0.2, -0.15) is 0 Å². The Labute approximate surface area is 197 Å². The van der Waals surface area contributed by atoms with Gasteiger partial charge < -0.3 is 14.2 Å². The number of hydrogen-bond acceptors (Lipinski definition) is 4. The number of furan rings is 1. The molecule has 3 aliphatic rings. The van der Waals surface area contributed by atoms with Crippen molar-refractivity contribution in [3.05, 3.63) is 63.7 Å². The first-order valence-electron chi connectivity index (χ1n) is 11.9. The number of piperazine rings is 1. The number of aromatic nitrogens is 1. The molecule has 2 aliphatic carbocycles. The molecule has 170 valence electrons. The number of fused-ring (bicyclic) bond motifs is 2. The highest BCUT2D eigenvalue weighted by Gasteiger charge is 2.30. The zero-order valence-electron chi connectivity index (χ0n) is 18.5. The maximum absolute atomic E-state index is 13.2. The molecule has 1 saturated carbocycles. The highest BCUT2D eigenvalue weighted by atomic mass is 35.5. The van der Waals surface area contributed by atoms with Crippen molar-refractivity contribution in [3.63, 3.8) is 0 Å². The monoisotopic (exact) mass is 463 g/mol. The lowest BCUT2D eigenvalue weighted by molar-refractivity contribution is 0.0535. The number of halogens is 1. The molecular weight excluding hydrogens is 438 g/mol. The third kappa shape index (κ3) is 3.80. The van der Waals surface area contributed by atoms with Crippen molar-refractivity contribution in [2.24, 2.45) is 0 Å². The Morgan fingerprint density at radius 3 is 2.36 bits per heavy atom. The first-order valence-corrected chi connectivity index (χ1v) is 12.2. The van der Waals surface area contributed by atoms with Gasteiger partial charge >= 0.3 is 0 Å². The molecule has 0 bridgehead atoms. The van der Waals surface area contributed by atoms with Gasteiger partial charge in [-0.3, -0.25) is 14.6 Å². The molecule has 0 unspecified atom stereocenters. The normalized spacial score (nSPS) is 18.5. The van der Waals surface area contributed by atoms with E-state index in [1.54, 1.807) is 11.2 Å². The summed E-state index contributed by atoms with van der Waals surface area (Å²) in [6.07, 6.45) is 8.04. The van der Waals surface area contributed by atoms with Crippen molar-refractivity contribution < 1.29 is 14.0 Å². The number of benzene rings is 1. The van der Waals surface area contributed by atoms with Crippen molar-refractivity contribution in [3.8, 4) is 0 Å². The average molecular weight is 464 g/mol. The summed E-state index contributed by atoms with van der Waals surface area (Å²) in [4.78, 5) is 34.5. The highest BCUT2D eigenvalue weighted by molar-refractivity contribution is 6.36. The van der Waals surface area contributed by atoms with E-state index in [0.29, 0.717) is 43.2 Å². The Bertz CT molecular complexity index is 1260. The molecule has 2 amide bonds. The molecule has 0 radical (unpaired) electrons. The highest BCUT2D eigenvalue weighted by Crippen LogP contribution is 2.41. The van der Waals surface area contributed by atoms with Crippen LogP contribution in [-0.2, 0) is 12.8 Å². The van der Waals surface area contributed by atoms with Crippen molar-refractivity contribution in [2.45, 2.75) is 44.4 Å². The van der Waals surface area contributed by atoms with Gasteiger partial charge in [-0.1, -0.05) is 17.7 Å². The molecule has 3 aromatic rings. The van der Waals surface area contributed by atoms with Gasteiger partial charge in [-0.05, 0) is 62.3 Å². The lowest BCUT2D eigenvalue weighted by Gasteiger charge is -2.34. The van der Waals surface area contributed by atoms with E-state index in [0.717, 1.165) is 71.5 Å². The Kier molecular flexibility index (Phi) is 5.13. The summed E-state index contributed by atoms with van der Waals surface area (Å²) < 4.78 is 5.57. The summed E-state index contributed by atoms with van der Waals surface area (Å²) in [6, 6.07) is 7.50. The lowest BCUT2D eigenvalue weighted by Crippen LogP contribution is -2.50.